The van der Waals surface area contributed by atoms with Crippen molar-refractivity contribution in [3.05, 3.63) is 23.5 Å². The summed E-state index contributed by atoms with van der Waals surface area (Å²) in [5, 5.41) is 8.43. The van der Waals surface area contributed by atoms with Crippen LogP contribution in [0, 0.1) is 0 Å². The smallest absolute Gasteiger partial charge is 0.421 e. The van der Waals surface area contributed by atoms with Crippen LogP contribution in [0.5, 0.6) is 5.75 Å². The van der Waals surface area contributed by atoms with E-state index in [0.717, 1.165) is 6.20 Å². The van der Waals surface area contributed by atoms with Gasteiger partial charge >= 0.3 is 18.8 Å². The predicted molar refractivity (Wildman–Crippen MR) is 47.2 cm³/mol. The fourth-order valence-electron chi connectivity index (χ4n) is 1.26. The van der Waals surface area contributed by atoms with Crippen LogP contribution >= 0.6 is 0 Å². The number of carboxylic acid groups (broad SMARTS) is 1. The Bertz CT molecular complexity index is 446. The molecular weight excluding hydrogens is 265 g/mol. The topological polar surface area (TPSA) is 59.4 Å². The van der Waals surface area contributed by atoms with E-state index in [2.05, 4.69) is 9.72 Å². The van der Waals surface area contributed by atoms with Crippen molar-refractivity contribution in [2.45, 2.75) is 19.2 Å². The van der Waals surface area contributed by atoms with Gasteiger partial charge < -0.3 is 9.84 Å². The van der Waals surface area contributed by atoms with Gasteiger partial charge in [0.05, 0.1) is 12.1 Å². The van der Waals surface area contributed by atoms with Gasteiger partial charge in [0, 0.05) is 6.20 Å². The van der Waals surface area contributed by atoms with Crippen LogP contribution in [-0.2, 0) is 17.4 Å². The Balaban J connectivity index is 3.30. The maximum Gasteiger partial charge on any atom is 0.421 e. The van der Waals surface area contributed by atoms with Gasteiger partial charge in [0.15, 0.2) is 0 Å². The average molecular weight is 271 g/mol. The molecule has 9 heteroatoms. The van der Waals surface area contributed by atoms with E-state index < -0.39 is 42.2 Å². The quantitative estimate of drug-likeness (QED) is 0.854. The molecule has 0 spiro atoms. The van der Waals surface area contributed by atoms with Gasteiger partial charge in [0.2, 0.25) is 0 Å². The lowest BCUT2D eigenvalue weighted by atomic mass is 10.1. The molecule has 0 aliphatic rings. The third-order valence-electron chi connectivity index (χ3n) is 1.81. The zero-order valence-corrected chi connectivity index (χ0v) is 8.54. The summed E-state index contributed by atoms with van der Waals surface area (Å²) in [4.78, 5) is 13.6. The zero-order chi connectivity index (χ0) is 13.9. The van der Waals surface area contributed by atoms with E-state index in [4.69, 9.17) is 5.11 Å². The molecule has 0 fully saturated rings. The first kappa shape index (κ1) is 14.1. The lowest BCUT2D eigenvalue weighted by Gasteiger charge is -2.15. The van der Waals surface area contributed by atoms with Gasteiger partial charge in [-0.25, -0.2) is 0 Å². The van der Waals surface area contributed by atoms with Crippen molar-refractivity contribution in [3.63, 3.8) is 0 Å². The number of rotatable bonds is 4. The van der Waals surface area contributed by atoms with Crippen LogP contribution in [0.1, 0.15) is 11.3 Å². The zero-order valence-electron chi connectivity index (χ0n) is 8.54. The highest BCUT2D eigenvalue weighted by Crippen LogP contribution is 2.38. The van der Waals surface area contributed by atoms with Crippen molar-refractivity contribution in [1.82, 2.24) is 4.98 Å². The number of aromatic nitrogens is 1. The number of pyridine rings is 1. The minimum atomic E-state index is -5.04. The third kappa shape index (κ3) is 3.54. The number of ether oxygens (including phenoxy) is 1. The number of halogens is 5. The van der Waals surface area contributed by atoms with Crippen molar-refractivity contribution in [2.24, 2.45) is 0 Å². The average Bonchev–Trinajstić information content (AvgIpc) is 2.13. The van der Waals surface area contributed by atoms with Gasteiger partial charge in [-0.05, 0) is 6.07 Å². The van der Waals surface area contributed by atoms with Crippen LogP contribution in [-0.4, -0.2) is 22.7 Å². The van der Waals surface area contributed by atoms with E-state index in [1.165, 1.54) is 0 Å². The first-order chi connectivity index (χ1) is 8.21. The molecule has 1 N–H and O–H groups in total. The second-order valence-electron chi connectivity index (χ2n) is 3.08. The molecular formula is C9H6F5NO3. The van der Waals surface area contributed by atoms with Crippen molar-refractivity contribution in [1.29, 1.82) is 0 Å². The van der Waals surface area contributed by atoms with Gasteiger partial charge in [0.25, 0.3) is 0 Å². The number of carboxylic acids is 1. The molecule has 0 unspecified atom stereocenters. The minimum absolute atomic E-state index is 0.598. The molecule has 0 amide bonds. The monoisotopic (exact) mass is 271 g/mol. The van der Waals surface area contributed by atoms with Gasteiger partial charge in [-0.15, -0.1) is 0 Å². The maximum absolute atomic E-state index is 12.7. The van der Waals surface area contributed by atoms with Gasteiger partial charge in [-0.2, -0.15) is 22.0 Å². The number of hydrogen-bond acceptors (Lipinski definition) is 3. The summed E-state index contributed by atoms with van der Waals surface area (Å²) in [7, 11) is 0. The fraction of sp³-hybridized carbons (Fsp3) is 0.333. The van der Waals surface area contributed by atoms with E-state index in [0.29, 0.717) is 6.07 Å². The normalized spacial score (nSPS) is 11.7. The Morgan fingerprint density at radius 3 is 2.50 bits per heavy atom. The van der Waals surface area contributed by atoms with Crippen molar-refractivity contribution >= 4 is 5.97 Å². The molecule has 1 aromatic rings. The van der Waals surface area contributed by atoms with E-state index in [9.17, 15) is 26.7 Å². The molecule has 1 heterocycles. The lowest BCUT2D eigenvalue weighted by Crippen LogP contribution is -2.17. The number of aliphatic carboxylic acids is 1. The minimum Gasteiger partial charge on any atom is -0.481 e. The van der Waals surface area contributed by atoms with E-state index in [1.807, 2.05) is 0 Å². The summed E-state index contributed by atoms with van der Waals surface area (Å²) in [6.07, 6.45) is -5.32. The standard InChI is InChI=1S/C9H6F5NO3/c10-8(11)18-5-1-2-15-4(3-6(16)17)7(5)9(12,13)14/h1-2,8H,3H2,(H,16,17). The Hall–Kier alpha value is -1.93. The van der Waals surface area contributed by atoms with Crippen LogP contribution in [0.25, 0.3) is 0 Å². The largest absolute Gasteiger partial charge is 0.481 e. The number of carbonyl (C=O) groups is 1. The molecule has 0 saturated heterocycles. The molecule has 1 aromatic heterocycles. The molecule has 0 saturated carbocycles. The second kappa shape index (κ2) is 5.15. The SMILES string of the molecule is O=C(O)Cc1nccc(OC(F)F)c1C(F)(F)F. The summed E-state index contributed by atoms with van der Waals surface area (Å²) >= 11 is 0. The summed E-state index contributed by atoms with van der Waals surface area (Å²) in [5.74, 6) is -2.72. The van der Waals surface area contributed by atoms with E-state index >= 15 is 0 Å². The predicted octanol–water partition coefficient (Wildman–Crippen LogP) is 2.33. The summed E-state index contributed by atoms with van der Waals surface area (Å²) < 4.78 is 65.6. The summed E-state index contributed by atoms with van der Waals surface area (Å²) in [6.45, 7) is -3.45. The van der Waals surface area contributed by atoms with Gasteiger partial charge in [-0.3, -0.25) is 9.78 Å². The molecule has 0 aliphatic heterocycles. The first-order valence-electron chi connectivity index (χ1n) is 4.43. The lowest BCUT2D eigenvalue weighted by molar-refractivity contribution is -0.143. The fourth-order valence-corrected chi connectivity index (χ4v) is 1.26. The van der Waals surface area contributed by atoms with Gasteiger partial charge in [-0.1, -0.05) is 0 Å². The Morgan fingerprint density at radius 1 is 1.44 bits per heavy atom. The molecule has 0 aromatic carbocycles. The second-order valence-corrected chi connectivity index (χ2v) is 3.08. The molecule has 0 aliphatic carbocycles. The van der Waals surface area contributed by atoms with Crippen molar-refractivity contribution in [3.8, 4) is 5.75 Å². The van der Waals surface area contributed by atoms with Crippen LogP contribution in [0.2, 0.25) is 0 Å². The van der Waals surface area contributed by atoms with Crippen molar-refractivity contribution < 1.29 is 36.6 Å². The molecule has 100 valence electrons. The highest BCUT2D eigenvalue weighted by atomic mass is 19.4. The molecule has 0 radical (unpaired) electrons. The highest BCUT2D eigenvalue weighted by molar-refractivity contribution is 5.70. The van der Waals surface area contributed by atoms with Crippen LogP contribution < -0.4 is 4.74 Å². The Labute approximate surface area is 97.0 Å². The first-order valence-corrected chi connectivity index (χ1v) is 4.43. The molecule has 18 heavy (non-hydrogen) atoms. The van der Waals surface area contributed by atoms with E-state index in [-0.39, 0.29) is 0 Å². The number of alkyl halides is 5. The molecule has 0 atom stereocenters. The number of nitrogens with zero attached hydrogens (tertiary/aromatic N) is 1. The maximum atomic E-state index is 12.7. The van der Waals surface area contributed by atoms with Gasteiger partial charge in [0.1, 0.15) is 11.3 Å². The summed E-state index contributed by atoms with van der Waals surface area (Å²) in [5.41, 5.74) is -2.49. The third-order valence-corrected chi connectivity index (χ3v) is 1.81. The molecule has 1 rings (SSSR count). The highest BCUT2D eigenvalue weighted by Gasteiger charge is 2.39. The van der Waals surface area contributed by atoms with Crippen molar-refractivity contribution in [2.75, 3.05) is 0 Å². The molecule has 0 bridgehead atoms. The van der Waals surface area contributed by atoms with Crippen LogP contribution in [0.3, 0.4) is 0 Å². The summed E-state index contributed by atoms with van der Waals surface area (Å²) in [6, 6.07) is 0.598. The molecule has 4 nitrogen and oxygen atoms in total. The Kier molecular flexibility index (Phi) is 4.04. The van der Waals surface area contributed by atoms with Crippen LogP contribution in [0.4, 0.5) is 22.0 Å². The number of hydrogen-bond donors (Lipinski definition) is 1. The van der Waals surface area contributed by atoms with E-state index in [1.54, 1.807) is 0 Å². The Morgan fingerprint density at radius 2 is 2.06 bits per heavy atom. The van der Waals surface area contributed by atoms with Crippen LogP contribution in [0.15, 0.2) is 12.3 Å².